The Morgan fingerprint density at radius 2 is 1.45 bits per heavy atom. The standard InChI is InChI=1S/C23H40O2P4/c1-4-6-8-15-18-22(24-26)19-16-12-10-9-11-14-17-21(3)23(25-29(27)28)20-13-7-5-2/h7-17,19,21-23H,4-6,18,20,26-28H2,1-3H3/b11-9-,12-10-,13-7-,15-8-,17-14+,19-16+. The van der Waals surface area contributed by atoms with Gasteiger partial charge in [0.25, 0.3) is 0 Å². The van der Waals surface area contributed by atoms with Crippen molar-refractivity contribution < 1.29 is 9.05 Å². The second-order valence-electron chi connectivity index (χ2n) is 6.69. The highest BCUT2D eigenvalue weighted by Gasteiger charge is 2.15. The minimum absolute atomic E-state index is 0.0973. The van der Waals surface area contributed by atoms with E-state index < -0.39 is 7.53 Å². The number of rotatable bonds is 16. The summed E-state index contributed by atoms with van der Waals surface area (Å²) in [4.78, 5) is 0. The largest absolute Gasteiger partial charge is 0.358 e. The first-order valence-electron chi connectivity index (χ1n) is 10.3. The third kappa shape index (κ3) is 18.6. The Balaban J connectivity index is 4.45. The highest BCUT2D eigenvalue weighted by molar-refractivity contribution is 8.41. The van der Waals surface area contributed by atoms with E-state index in [9.17, 15) is 0 Å². The summed E-state index contributed by atoms with van der Waals surface area (Å²) in [5, 5.41) is 0. The fraction of sp³-hybridized carbons (Fsp3) is 0.478. The van der Waals surface area contributed by atoms with Crippen LogP contribution in [-0.4, -0.2) is 12.2 Å². The molecule has 0 saturated heterocycles. The molecule has 0 heterocycles. The lowest BCUT2D eigenvalue weighted by atomic mass is 10.0. The maximum Gasteiger partial charge on any atom is 0.0828 e. The lowest BCUT2D eigenvalue weighted by Crippen LogP contribution is -2.16. The molecule has 0 fully saturated rings. The summed E-state index contributed by atoms with van der Waals surface area (Å²) in [5.74, 6) is 0.358. The van der Waals surface area contributed by atoms with Crippen LogP contribution in [0.1, 0.15) is 52.9 Å². The highest BCUT2D eigenvalue weighted by atomic mass is 32.4. The van der Waals surface area contributed by atoms with Crippen LogP contribution in [0.5, 0.6) is 0 Å². The van der Waals surface area contributed by atoms with E-state index in [1.807, 2.05) is 24.3 Å². The number of hydrogen-bond acceptors (Lipinski definition) is 2. The molecule has 0 bridgehead atoms. The SMILES string of the molecule is CC/C=C\CC(OP(P)P)C(C)/C=C/C=C\C=C/C=C/C(C/C=C\CCC)OP. The van der Waals surface area contributed by atoms with Crippen LogP contribution in [0.2, 0.25) is 0 Å². The summed E-state index contributed by atoms with van der Waals surface area (Å²) in [6.45, 7) is 6.55. The Morgan fingerprint density at radius 1 is 0.828 bits per heavy atom. The Morgan fingerprint density at radius 3 is 2.03 bits per heavy atom. The number of unbranched alkanes of at least 4 members (excludes halogenated alkanes) is 1. The molecule has 29 heavy (non-hydrogen) atoms. The minimum Gasteiger partial charge on any atom is -0.358 e. The molecule has 6 atom stereocenters. The lowest BCUT2D eigenvalue weighted by Gasteiger charge is -2.22. The van der Waals surface area contributed by atoms with Crippen molar-refractivity contribution >= 4 is 34.8 Å². The predicted octanol–water partition coefficient (Wildman–Crippen LogP) is 8.49. The van der Waals surface area contributed by atoms with E-state index >= 15 is 0 Å². The van der Waals surface area contributed by atoms with Crippen LogP contribution in [-0.2, 0) is 9.05 Å². The van der Waals surface area contributed by atoms with Gasteiger partial charge in [-0.3, -0.25) is 0 Å². The van der Waals surface area contributed by atoms with Gasteiger partial charge in [-0.25, -0.2) is 0 Å². The van der Waals surface area contributed by atoms with Gasteiger partial charge in [-0.05, 0) is 25.7 Å². The normalized spacial score (nSPS) is 16.7. The molecule has 0 N–H and O–H groups in total. The molecule has 0 amide bonds. The second-order valence-corrected chi connectivity index (χ2v) is 12.7. The van der Waals surface area contributed by atoms with Crippen molar-refractivity contribution in [1.29, 1.82) is 0 Å². The molecular weight excluding hydrogens is 432 g/mol. The molecule has 0 aromatic rings. The molecule has 6 unspecified atom stereocenters. The van der Waals surface area contributed by atoms with E-state index in [2.05, 4.69) is 96.7 Å². The van der Waals surface area contributed by atoms with Gasteiger partial charge in [-0.15, -0.1) is 0 Å². The fourth-order valence-corrected chi connectivity index (χ4v) is 4.14. The van der Waals surface area contributed by atoms with Gasteiger partial charge in [-0.2, -0.15) is 0 Å². The van der Waals surface area contributed by atoms with Crippen molar-refractivity contribution in [2.24, 2.45) is 5.92 Å². The fourth-order valence-electron chi connectivity index (χ4n) is 2.41. The van der Waals surface area contributed by atoms with Gasteiger partial charge >= 0.3 is 0 Å². The summed E-state index contributed by atoms with van der Waals surface area (Å²) in [6, 6.07) is 0. The second kappa shape index (κ2) is 21.3. The predicted molar refractivity (Wildman–Crippen MR) is 144 cm³/mol. The van der Waals surface area contributed by atoms with Crippen molar-refractivity contribution in [3.8, 4) is 0 Å². The smallest absolute Gasteiger partial charge is 0.0828 e. The van der Waals surface area contributed by atoms with Gasteiger partial charge in [0.15, 0.2) is 0 Å². The van der Waals surface area contributed by atoms with E-state index in [0.29, 0.717) is 5.92 Å². The Hall–Kier alpha value is 0.0800. The van der Waals surface area contributed by atoms with E-state index in [1.165, 1.54) is 6.42 Å². The van der Waals surface area contributed by atoms with Crippen LogP contribution in [0.4, 0.5) is 0 Å². The third-order valence-corrected chi connectivity index (χ3v) is 5.67. The van der Waals surface area contributed by atoms with E-state index in [1.54, 1.807) is 0 Å². The van der Waals surface area contributed by atoms with Crippen molar-refractivity contribution in [2.75, 3.05) is 0 Å². The summed E-state index contributed by atoms with van der Waals surface area (Å²) in [5.41, 5.74) is 0. The Labute approximate surface area is 187 Å². The maximum absolute atomic E-state index is 6.07. The first-order valence-corrected chi connectivity index (χ1v) is 15.3. The summed E-state index contributed by atoms with van der Waals surface area (Å²) in [7, 11) is 7.32. The third-order valence-electron chi connectivity index (χ3n) is 4.08. The van der Waals surface area contributed by atoms with Crippen LogP contribution in [0.3, 0.4) is 0 Å². The summed E-state index contributed by atoms with van der Waals surface area (Å²) >= 11 is 0. The van der Waals surface area contributed by atoms with Crippen LogP contribution in [0.15, 0.2) is 72.9 Å². The molecule has 0 radical (unpaired) electrons. The lowest BCUT2D eigenvalue weighted by molar-refractivity contribution is 0.196. The molecule has 0 spiro atoms. The maximum atomic E-state index is 6.07. The molecule has 0 aliphatic rings. The highest BCUT2D eigenvalue weighted by Crippen LogP contribution is 2.55. The molecule has 6 heteroatoms. The Kier molecular flexibility index (Phi) is 21.4. The zero-order valence-corrected chi connectivity index (χ0v) is 22.6. The van der Waals surface area contributed by atoms with E-state index in [-0.39, 0.29) is 12.2 Å². The van der Waals surface area contributed by atoms with Crippen molar-refractivity contribution in [2.45, 2.75) is 65.1 Å². The first-order chi connectivity index (χ1) is 14.0. The van der Waals surface area contributed by atoms with Crippen molar-refractivity contribution in [3.05, 3.63) is 72.9 Å². The molecule has 0 rings (SSSR count). The first kappa shape index (κ1) is 29.1. The summed E-state index contributed by atoms with van der Waals surface area (Å²) in [6.07, 6.45) is 30.9. The van der Waals surface area contributed by atoms with Gasteiger partial charge in [0, 0.05) is 15.4 Å². The molecule has 0 aliphatic carbocycles. The van der Waals surface area contributed by atoms with E-state index in [0.717, 1.165) is 25.7 Å². The van der Waals surface area contributed by atoms with Gasteiger partial charge in [0.05, 0.1) is 19.7 Å². The zero-order chi connectivity index (χ0) is 21.7. The van der Waals surface area contributed by atoms with E-state index in [4.69, 9.17) is 9.05 Å². The van der Waals surface area contributed by atoms with Crippen LogP contribution >= 0.6 is 34.8 Å². The van der Waals surface area contributed by atoms with Crippen LogP contribution < -0.4 is 0 Å². The molecule has 0 aliphatic heterocycles. The average molecular weight is 472 g/mol. The van der Waals surface area contributed by atoms with Crippen LogP contribution in [0, 0.1) is 5.92 Å². The van der Waals surface area contributed by atoms with Gasteiger partial charge in [0.1, 0.15) is 0 Å². The molecular formula is C23H40O2P4. The molecule has 164 valence electrons. The molecule has 0 saturated carbocycles. The summed E-state index contributed by atoms with van der Waals surface area (Å²) < 4.78 is 11.4. The van der Waals surface area contributed by atoms with Crippen molar-refractivity contribution in [3.63, 3.8) is 0 Å². The minimum atomic E-state index is -0.522. The quantitative estimate of drug-likeness (QED) is 0.127. The van der Waals surface area contributed by atoms with Crippen LogP contribution in [0.25, 0.3) is 0 Å². The van der Waals surface area contributed by atoms with Crippen molar-refractivity contribution in [1.82, 2.24) is 0 Å². The molecule has 0 aromatic carbocycles. The zero-order valence-electron chi connectivity index (χ0n) is 18.2. The Bertz CT molecular complexity index is 551. The number of hydrogen-bond donors (Lipinski definition) is 0. The average Bonchev–Trinajstić information content (AvgIpc) is 2.70. The topological polar surface area (TPSA) is 18.5 Å². The van der Waals surface area contributed by atoms with Gasteiger partial charge in [0.2, 0.25) is 0 Å². The molecule has 0 aromatic heterocycles. The number of allylic oxidation sites excluding steroid dienone is 8. The molecule has 2 nitrogen and oxygen atoms in total. The monoisotopic (exact) mass is 472 g/mol. The van der Waals surface area contributed by atoms with Gasteiger partial charge in [-0.1, -0.05) is 118 Å². The van der Waals surface area contributed by atoms with Gasteiger partial charge < -0.3 is 9.05 Å².